The van der Waals surface area contributed by atoms with Crippen LogP contribution in [-0.2, 0) is 16.0 Å². The molecule has 0 unspecified atom stereocenters. The maximum Gasteiger partial charge on any atom is 0.342 e. The summed E-state index contributed by atoms with van der Waals surface area (Å²) in [6.45, 7) is 1.38. The fraction of sp³-hybridized carbons (Fsp3) is 0.200. The van der Waals surface area contributed by atoms with Gasteiger partial charge in [0.15, 0.2) is 12.4 Å². The normalized spacial score (nSPS) is 10.8. The molecular weight excluding hydrogens is 414 g/mol. The van der Waals surface area contributed by atoms with Gasteiger partial charge in [0.05, 0.1) is 11.9 Å². The molecule has 0 saturated carbocycles. The molecule has 2 heterocycles. The average molecular weight is 432 g/mol. The van der Waals surface area contributed by atoms with E-state index >= 15 is 0 Å². The molecule has 1 amide bonds. The van der Waals surface area contributed by atoms with E-state index in [1.54, 1.807) is 23.0 Å². The summed E-state index contributed by atoms with van der Waals surface area (Å²) in [5.74, 6) is -3.17. The van der Waals surface area contributed by atoms with Gasteiger partial charge >= 0.3 is 5.97 Å². The molecule has 30 heavy (non-hydrogen) atoms. The Balaban J connectivity index is 1.59. The Hall–Kier alpha value is -3.27. The molecular formula is C20H18F2N4O3S. The van der Waals surface area contributed by atoms with Crippen molar-refractivity contribution in [3.63, 3.8) is 0 Å². The summed E-state index contributed by atoms with van der Waals surface area (Å²) in [6, 6.07) is 11.3. The molecule has 0 aliphatic rings. The van der Waals surface area contributed by atoms with Gasteiger partial charge in [0.25, 0.3) is 11.7 Å². The Morgan fingerprint density at radius 1 is 1.20 bits per heavy atom. The lowest BCUT2D eigenvalue weighted by atomic mass is 10.2. The highest BCUT2D eigenvalue weighted by atomic mass is 32.2. The number of aromatic nitrogens is 3. The maximum absolute atomic E-state index is 12.4. The second-order valence-corrected chi connectivity index (χ2v) is 7.05. The number of carbonyl (C=O) groups excluding carboxylic acids is 2. The molecule has 7 nitrogen and oxygen atoms in total. The fourth-order valence-electron chi connectivity index (χ4n) is 2.69. The van der Waals surface area contributed by atoms with Crippen LogP contribution in [-0.4, -0.2) is 39.0 Å². The van der Waals surface area contributed by atoms with Gasteiger partial charge in [-0.3, -0.25) is 4.79 Å². The standard InChI is InChI=1S/C20H18F2N4O3S/c1-2-16-15(11-24-26(16)17-5-3-4-10-23-17)19(28)29-12-18(27)25-13-6-8-14(9-7-13)30-20(21)22/h3-11,20H,2,12H2,1H3,(H,25,27). The first-order valence-corrected chi connectivity index (χ1v) is 9.86. The van der Waals surface area contributed by atoms with E-state index in [4.69, 9.17) is 4.74 Å². The molecule has 0 radical (unpaired) electrons. The number of thioether (sulfide) groups is 1. The van der Waals surface area contributed by atoms with Crippen molar-refractivity contribution in [1.82, 2.24) is 14.8 Å². The van der Waals surface area contributed by atoms with Crippen LogP contribution >= 0.6 is 11.8 Å². The summed E-state index contributed by atoms with van der Waals surface area (Å²) < 4.78 is 31.3. The molecule has 2 aromatic heterocycles. The Morgan fingerprint density at radius 3 is 2.60 bits per heavy atom. The lowest BCUT2D eigenvalue weighted by molar-refractivity contribution is -0.119. The molecule has 0 atom stereocenters. The zero-order chi connectivity index (χ0) is 21.5. The fourth-order valence-corrected chi connectivity index (χ4v) is 3.19. The van der Waals surface area contributed by atoms with Gasteiger partial charge in [-0.15, -0.1) is 0 Å². The summed E-state index contributed by atoms with van der Waals surface area (Å²) in [6.07, 6.45) is 3.51. The molecule has 0 spiro atoms. The van der Waals surface area contributed by atoms with Gasteiger partial charge in [-0.25, -0.2) is 14.5 Å². The zero-order valence-electron chi connectivity index (χ0n) is 15.9. The molecule has 156 valence electrons. The number of anilines is 1. The molecule has 1 aromatic carbocycles. The quantitative estimate of drug-likeness (QED) is 0.429. The first-order valence-electron chi connectivity index (χ1n) is 8.98. The summed E-state index contributed by atoms with van der Waals surface area (Å²) in [4.78, 5) is 29.1. The second-order valence-electron chi connectivity index (χ2n) is 5.99. The van der Waals surface area contributed by atoms with Crippen molar-refractivity contribution >= 4 is 29.3 Å². The number of hydrogen-bond donors (Lipinski definition) is 1. The number of nitrogens with one attached hydrogen (secondary N) is 1. The third-order valence-corrected chi connectivity index (χ3v) is 4.71. The van der Waals surface area contributed by atoms with Crippen LogP contribution in [0.3, 0.4) is 0 Å². The van der Waals surface area contributed by atoms with Gasteiger partial charge in [-0.05, 0) is 42.8 Å². The number of alkyl halides is 2. The van der Waals surface area contributed by atoms with Crippen LogP contribution in [0.25, 0.3) is 5.82 Å². The Labute approximate surface area is 175 Å². The van der Waals surface area contributed by atoms with Crippen molar-refractivity contribution < 1.29 is 23.1 Å². The lowest BCUT2D eigenvalue weighted by Crippen LogP contribution is -2.21. The van der Waals surface area contributed by atoms with Gasteiger partial charge in [-0.2, -0.15) is 13.9 Å². The largest absolute Gasteiger partial charge is 0.452 e. The molecule has 0 bridgehead atoms. The second kappa shape index (κ2) is 9.97. The first kappa shape index (κ1) is 21.4. The molecule has 10 heteroatoms. The minimum atomic E-state index is -2.51. The van der Waals surface area contributed by atoms with Crippen LogP contribution in [0.5, 0.6) is 0 Å². The third kappa shape index (κ3) is 5.41. The predicted octanol–water partition coefficient (Wildman–Crippen LogP) is 3.94. The molecule has 3 rings (SSSR count). The van der Waals surface area contributed by atoms with Crippen molar-refractivity contribution in [1.29, 1.82) is 0 Å². The molecule has 0 fully saturated rings. The maximum atomic E-state index is 12.4. The van der Waals surface area contributed by atoms with Gasteiger partial charge in [-0.1, -0.05) is 24.8 Å². The summed E-state index contributed by atoms with van der Waals surface area (Å²) in [5.41, 5.74) is 1.28. The predicted molar refractivity (Wildman–Crippen MR) is 108 cm³/mol. The lowest BCUT2D eigenvalue weighted by Gasteiger charge is -2.08. The van der Waals surface area contributed by atoms with Crippen LogP contribution in [0.15, 0.2) is 59.8 Å². The van der Waals surface area contributed by atoms with E-state index in [1.165, 1.54) is 30.5 Å². The Morgan fingerprint density at radius 2 is 1.97 bits per heavy atom. The third-order valence-electron chi connectivity index (χ3n) is 3.99. The van der Waals surface area contributed by atoms with E-state index in [1.807, 2.05) is 13.0 Å². The number of halogens is 2. The molecule has 0 saturated heterocycles. The number of rotatable bonds is 8. The molecule has 1 N–H and O–H groups in total. The number of nitrogens with zero attached hydrogens (tertiary/aromatic N) is 3. The van der Waals surface area contributed by atoms with Crippen molar-refractivity contribution in [2.24, 2.45) is 0 Å². The van der Waals surface area contributed by atoms with E-state index in [0.717, 1.165) is 0 Å². The van der Waals surface area contributed by atoms with Crippen molar-refractivity contribution in [2.75, 3.05) is 11.9 Å². The Bertz CT molecular complexity index is 1010. The van der Waals surface area contributed by atoms with Crippen molar-refractivity contribution in [2.45, 2.75) is 24.0 Å². The first-order chi connectivity index (χ1) is 14.5. The number of ether oxygens (including phenoxy) is 1. The summed E-state index contributed by atoms with van der Waals surface area (Å²) in [5, 5.41) is 6.74. The van der Waals surface area contributed by atoms with E-state index in [-0.39, 0.29) is 5.56 Å². The molecule has 3 aromatic rings. The summed E-state index contributed by atoms with van der Waals surface area (Å²) >= 11 is 0.414. The van der Waals surface area contributed by atoms with E-state index in [0.29, 0.717) is 40.3 Å². The van der Waals surface area contributed by atoms with Crippen molar-refractivity contribution in [3.05, 3.63) is 66.1 Å². The number of benzene rings is 1. The topological polar surface area (TPSA) is 86.1 Å². The van der Waals surface area contributed by atoms with Crippen LogP contribution in [0.4, 0.5) is 14.5 Å². The highest BCUT2D eigenvalue weighted by Gasteiger charge is 2.20. The van der Waals surface area contributed by atoms with Crippen LogP contribution in [0.1, 0.15) is 23.0 Å². The SMILES string of the molecule is CCc1c(C(=O)OCC(=O)Nc2ccc(SC(F)F)cc2)cnn1-c1ccccn1. The highest BCUT2D eigenvalue weighted by molar-refractivity contribution is 7.99. The zero-order valence-corrected chi connectivity index (χ0v) is 16.7. The minimum Gasteiger partial charge on any atom is -0.452 e. The van der Waals surface area contributed by atoms with Gasteiger partial charge in [0.2, 0.25) is 0 Å². The van der Waals surface area contributed by atoms with Gasteiger partial charge in [0.1, 0.15) is 5.56 Å². The number of amides is 1. The Kier molecular flexibility index (Phi) is 7.12. The monoisotopic (exact) mass is 432 g/mol. The summed E-state index contributed by atoms with van der Waals surface area (Å²) in [7, 11) is 0. The molecule has 0 aliphatic heterocycles. The van der Waals surface area contributed by atoms with E-state index < -0.39 is 24.2 Å². The minimum absolute atomic E-state index is 0.254. The van der Waals surface area contributed by atoms with Crippen LogP contribution in [0.2, 0.25) is 0 Å². The number of carbonyl (C=O) groups is 2. The highest BCUT2D eigenvalue weighted by Crippen LogP contribution is 2.26. The van der Waals surface area contributed by atoms with Crippen LogP contribution < -0.4 is 5.32 Å². The van der Waals surface area contributed by atoms with Crippen LogP contribution in [0, 0.1) is 0 Å². The number of pyridine rings is 1. The van der Waals surface area contributed by atoms with E-state index in [9.17, 15) is 18.4 Å². The van der Waals surface area contributed by atoms with Crippen molar-refractivity contribution in [3.8, 4) is 5.82 Å². The number of hydrogen-bond acceptors (Lipinski definition) is 6. The number of esters is 1. The van der Waals surface area contributed by atoms with E-state index in [2.05, 4.69) is 15.4 Å². The van der Waals surface area contributed by atoms with Gasteiger partial charge < -0.3 is 10.1 Å². The smallest absolute Gasteiger partial charge is 0.342 e. The van der Waals surface area contributed by atoms with Gasteiger partial charge in [0, 0.05) is 16.8 Å². The molecule has 0 aliphatic carbocycles. The average Bonchev–Trinajstić information content (AvgIpc) is 3.18.